The van der Waals surface area contributed by atoms with E-state index in [2.05, 4.69) is 15.3 Å². The second kappa shape index (κ2) is 10.0. The van der Waals surface area contributed by atoms with Crippen LogP contribution in [0.2, 0.25) is 0 Å². The molecule has 1 fully saturated rings. The summed E-state index contributed by atoms with van der Waals surface area (Å²) in [4.78, 5) is 34.6. The lowest BCUT2D eigenvalue weighted by Gasteiger charge is -2.16. The average molecular weight is 576 g/mol. The van der Waals surface area contributed by atoms with Crippen LogP contribution in [0.1, 0.15) is 51.2 Å². The lowest BCUT2D eigenvalue weighted by molar-refractivity contribution is 0.0958. The first-order valence-corrected chi connectivity index (χ1v) is 14.1. The molecule has 3 aromatic carbocycles. The lowest BCUT2D eigenvalue weighted by Crippen LogP contribution is -2.18. The van der Waals surface area contributed by atoms with Gasteiger partial charge in [0.1, 0.15) is 23.0 Å². The molecule has 1 saturated carbocycles. The highest BCUT2D eigenvalue weighted by molar-refractivity contribution is 6.12. The number of benzene rings is 3. The summed E-state index contributed by atoms with van der Waals surface area (Å²) in [6, 6.07) is 17.9. The van der Waals surface area contributed by atoms with Gasteiger partial charge < -0.3 is 14.7 Å². The van der Waals surface area contributed by atoms with E-state index in [1.807, 2.05) is 31.3 Å². The topological polar surface area (TPSA) is 88.0 Å². The summed E-state index contributed by atoms with van der Waals surface area (Å²) in [5.74, 6) is -1.50. The number of aromatic nitrogens is 2. The van der Waals surface area contributed by atoms with E-state index >= 15 is 4.39 Å². The molecule has 0 spiro atoms. The maximum atomic E-state index is 16.4. The van der Waals surface area contributed by atoms with Crippen LogP contribution in [0.5, 0.6) is 0 Å². The number of H-pyrrole nitrogens is 1. The number of ketones is 1. The van der Waals surface area contributed by atoms with Crippen molar-refractivity contribution in [1.29, 1.82) is 0 Å². The van der Waals surface area contributed by atoms with Gasteiger partial charge in [-0.25, -0.2) is 8.78 Å². The Kier molecular flexibility index (Phi) is 6.23. The zero-order valence-electron chi connectivity index (χ0n) is 23.6. The first-order valence-electron chi connectivity index (χ1n) is 14.1. The number of carbonyl (C=O) groups excluding carboxylic acids is 2. The number of hydrogen-bond donors (Lipinski definition) is 2. The Morgan fingerprint density at radius 3 is 2.53 bits per heavy atom. The number of fused-ring (bicyclic) bond motifs is 2. The van der Waals surface area contributed by atoms with E-state index in [1.54, 1.807) is 30.5 Å². The van der Waals surface area contributed by atoms with E-state index < -0.39 is 17.5 Å². The Bertz CT molecular complexity index is 2070. The minimum atomic E-state index is -0.636. The van der Waals surface area contributed by atoms with Crippen LogP contribution in [-0.2, 0) is 5.41 Å². The number of halogens is 2. The Labute approximate surface area is 245 Å². The number of aryl methyl sites for hydroxylation is 1. The number of pyridine rings is 1. The fourth-order valence-corrected chi connectivity index (χ4v) is 6.05. The monoisotopic (exact) mass is 575 g/mol. The summed E-state index contributed by atoms with van der Waals surface area (Å²) in [6.45, 7) is 1.85. The summed E-state index contributed by atoms with van der Waals surface area (Å²) >= 11 is 0. The molecular weight excluding hydrogens is 548 g/mol. The number of nitrogens with one attached hydrogen (secondary N) is 2. The average Bonchev–Trinajstić information content (AvgIpc) is 3.43. The minimum absolute atomic E-state index is 0.0231. The van der Waals surface area contributed by atoms with Gasteiger partial charge in [0.2, 0.25) is 0 Å². The van der Waals surface area contributed by atoms with E-state index in [-0.39, 0.29) is 39.1 Å². The highest BCUT2D eigenvalue weighted by atomic mass is 19.1. The second-order valence-corrected chi connectivity index (χ2v) is 11.2. The van der Waals surface area contributed by atoms with Crippen LogP contribution in [0.25, 0.3) is 44.3 Å². The summed E-state index contributed by atoms with van der Waals surface area (Å²) in [5, 5.41) is 3.61. The molecule has 1 aliphatic carbocycles. The molecule has 3 heterocycles. The molecule has 2 N–H and O–H groups in total. The van der Waals surface area contributed by atoms with Gasteiger partial charge in [-0.1, -0.05) is 12.1 Å². The molecule has 214 valence electrons. The summed E-state index contributed by atoms with van der Waals surface area (Å²) in [6.07, 6.45) is 5.70. The molecular formula is C35H27F2N3O3. The molecule has 6 nitrogen and oxygen atoms in total. The van der Waals surface area contributed by atoms with Crippen molar-refractivity contribution >= 4 is 33.6 Å². The third-order valence-electron chi connectivity index (χ3n) is 8.54. The number of amides is 1. The number of aromatic amines is 1. The van der Waals surface area contributed by atoms with Gasteiger partial charge in [-0.15, -0.1) is 0 Å². The van der Waals surface area contributed by atoms with Crippen LogP contribution in [0.15, 0.2) is 83.5 Å². The summed E-state index contributed by atoms with van der Waals surface area (Å²) in [7, 11) is 1.45. The molecule has 43 heavy (non-hydrogen) atoms. The molecule has 0 atom stereocenters. The molecule has 1 aliphatic rings. The number of rotatable bonds is 7. The van der Waals surface area contributed by atoms with Crippen LogP contribution >= 0.6 is 0 Å². The van der Waals surface area contributed by atoms with Gasteiger partial charge in [0, 0.05) is 58.9 Å². The van der Waals surface area contributed by atoms with Crippen molar-refractivity contribution in [3.8, 4) is 22.5 Å². The largest absolute Gasteiger partial charge is 0.455 e. The lowest BCUT2D eigenvalue weighted by atomic mass is 9.88. The highest BCUT2D eigenvalue weighted by Crippen LogP contribution is 2.52. The number of carbonyl (C=O) groups is 2. The SMILES string of the molecule is CNC(=O)c1c(-c2ccc(F)cc2)oc2ccc(-c3cc(C(=O)CC4(c5nccc6[nH]ccc56)CC4)ccc3C)c(F)c12. The second-order valence-electron chi connectivity index (χ2n) is 11.2. The van der Waals surface area contributed by atoms with Gasteiger partial charge in [-0.3, -0.25) is 14.6 Å². The minimum Gasteiger partial charge on any atom is -0.455 e. The smallest absolute Gasteiger partial charge is 0.255 e. The highest BCUT2D eigenvalue weighted by Gasteiger charge is 2.48. The molecule has 3 aromatic heterocycles. The van der Waals surface area contributed by atoms with E-state index in [0.29, 0.717) is 23.1 Å². The fraction of sp³-hybridized carbons (Fsp3) is 0.171. The Morgan fingerprint density at radius 1 is 1.00 bits per heavy atom. The maximum absolute atomic E-state index is 16.4. The molecule has 7 rings (SSSR count). The first-order chi connectivity index (χ1) is 20.8. The van der Waals surface area contributed by atoms with Crippen LogP contribution in [0.4, 0.5) is 8.78 Å². The van der Waals surface area contributed by atoms with Crippen LogP contribution < -0.4 is 5.32 Å². The van der Waals surface area contributed by atoms with E-state index in [4.69, 9.17) is 4.42 Å². The van der Waals surface area contributed by atoms with E-state index in [1.165, 1.54) is 31.3 Å². The third kappa shape index (κ3) is 4.41. The van der Waals surface area contributed by atoms with Crippen molar-refractivity contribution < 1.29 is 22.8 Å². The van der Waals surface area contributed by atoms with Crippen molar-refractivity contribution in [2.45, 2.75) is 31.6 Å². The van der Waals surface area contributed by atoms with Gasteiger partial charge >= 0.3 is 0 Å². The molecule has 0 radical (unpaired) electrons. The fourth-order valence-electron chi connectivity index (χ4n) is 6.05. The van der Waals surface area contributed by atoms with Crippen molar-refractivity contribution in [3.63, 3.8) is 0 Å². The molecule has 8 heteroatoms. The zero-order valence-corrected chi connectivity index (χ0v) is 23.6. The molecule has 0 unspecified atom stereocenters. The van der Waals surface area contributed by atoms with Gasteiger partial charge in [0.15, 0.2) is 5.78 Å². The number of hydrogen-bond acceptors (Lipinski definition) is 4. The predicted molar refractivity (Wildman–Crippen MR) is 161 cm³/mol. The molecule has 0 saturated heterocycles. The molecule has 0 bridgehead atoms. The third-order valence-corrected chi connectivity index (χ3v) is 8.54. The zero-order chi connectivity index (χ0) is 29.9. The van der Waals surface area contributed by atoms with Crippen molar-refractivity contribution in [2.75, 3.05) is 7.05 Å². The van der Waals surface area contributed by atoms with Gasteiger partial charge in [0.25, 0.3) is 5.91 Å². The maximum Gasteiger partial charge on any atom is 0.255 e. The molecule has 1 amide bonds. The predicted octanol–water partition coefficient (Wildman–Crippen LogP) is 7.89. The van der Waals surface area contributed by atoms with Gasteiger partial charge in [0.05, 0.1) is 16.6 Å². The van der Waals surface area contributed by atoms with Crippen molar-refractivity contribution in [3.05, 3.63) is 113 Å². The van der Waals surface area contributed by atoms with Gasteiger partial charge in [-0.05, 0) is 85.5 Å². The Morgan fingerprint density at radius 2 is 1.79 bits per heavy atom. The van der Waals surface area contributed by atoms with Gasteiger partial charge in [-0.2, -0.15) is 0 Å². The number of Topliss-reactive ketones (excluding diaryl/α,β-unsaturated/α-hetero) is 1. The molecule has 0 aliphatic heterocycles. The van der Waals surface area contributed by atoms with Crippen LogP contribution in [-0.4, -0.2) is 28.7 Å². The van der Waals surface area contributed by atoms with Crippen molar-refractivity contribution in [2.24, 2.45) is 0 Å². The van der Waals surface area contributed by atoms with E-state index in [9.17, 15) is 14.0 Å². The standard InChI is InChI=1S/C35H27F2N3O3/c1-19-3-4-21(27(41)18-35(13-14-35)33-24-11-15-39-26(24)12-16-40-33)17-25(19)23-9-10-28-29(31(23)37)30(34(42)38-2)32(43-28)20-5-7-22(36)8-6-20/h3-12,15-17,39H,13-14,18H2,1-2H3,(H,38,42). The van der Waals surface area contributed by atoms with Crippen LogP contribution in [0, 0.1) is 18.6 Å². The molecule has 6 aromatic rings. The first kappa shape index (κ1) is 26.8. The van der Waals surface area contributed by atoms with Crippen LogP contribution in [0.3, 0.4) is 0 Å². The van der Waals surface area contributed by atoms with Crippen molar-refractivity contribution in [1.82, 2.24) is 15.3 Å². The normalized spacial score (nSPS) is 13.9. The quantitative estimate of drug-likeness (QED) is 0.190. The Hall–Kier alpha value is -5.11. The summed E-state index contributed by atoms with van der Waals surface area (Å²) in [5.41, 5.74) is 4.32. The number of furan rings is 1. The Balaban J connectivity index is 1.29. The van der Waals surface area contributed by atoms with E-state index in [0.717, 1.165) is 35.0 Å². The summed E-state index contributed by atoms with van der Waals surface area (Å²) < 4.78 is 36.0. The number of nitrogens with zero attached hydrogens (tertiary/aromatic N) is 1.